The van der Waals surface area contributed by atoms with Gasteiger partial charge in [-0.05, 0) is 6.07 Å². The van der Waals surface area contributed by atoms with E-state index in [9.17, 15) is 4.39 Å². The maximum absolute atomic E-state index is 11.8. The molecule has 1 unspecified atom stereocenters. The van der Waals surface area contributed by atoms with E-state index in [2.05, 4.69) is 10.3 Å². The Balaban J connectivity index is 2.45. The summed E-state index contributed by atoms with van der Waals surface area (Å²) in [5.74, 6) is 0. The van der Waals surface area contributed by atoms with E-state index in [1.807, 2.05) is 0 Å². The molecule has 0 fully saturated rings. The lowest BCUT2D eigenvalue weighted by molar-refractivity contribution is 0.151. The smallest absolute Gasteiger partial charge is 0.117 e. The molecule has 0 radical (unpaired) electrons. The second-order valence-corrected chi connectivity index (χ2v) is 3.02. The third-order valence-electron chi connectivity index (χ3n) is 1.42. The van der Waals surface area contributed by atoms with Gasteiger partial charge in [-0.15, -0.1) is 0 Å². The van der Waals surface area contributed by atoms with Crippen molar-refractivity contribution in [3.8, 4) is 0 Å². The molecule has 1 rings (SSSR count). The lowest BCUT2D eigenvalue weighted by atomic mass is 10.3. The molecular weight excluding hydrogens is 195 g/mol. The highest BCUT2D eigenvalue weighted by Crippen LogP contribution is 2.12. The van der Waals surface area contributed by atoms with Crippen molar-refractivity contribution in [2.24, 2.45) is 0 Å². The number of halogens is 2. The number of rotatable bonds is 4. The minimum absolute atomic E-state index is 0.151. The molecule has 72 valence electrons. The fourth-order valence-corrected chi connectivity index (χ4v) is 0.973. The number of nitrogens with zero attached hydrogens (tertiary/aromatic N) is 1. The van der Waals surface area contributed by atoms with Crippen LogP contribution in [0.5, 0.6) is 0 Å². The number of pyridine rings is 1. The Labute approximate surface area is 80.6 Å². The monoisotopic (exact) mass is 204 g/mol. The maximum Gasteiger partial charge on any atom is 0.117 e. The zero-order valence-electron chi connectivity index (χ0n) is 6.87. The molecule has 0 aliphatic carbocycles. The Hall–Kier alpha value is -0.870. The van der Waals surface area contributed by atoms with Gasteiger partial charge in [-0.2, -0.15) is 0 Å². The van der Waals surface area contributed by atoms with Crippen LogP contribution >= 0.6 is 11.6 Å². The Morgan fingerprint density at radius 1 is 1.62 bits per heavy atom. The van der Waals surface area contributed by atoms with Crippen molar-refractivity contribution in [3.63, 3.8) is 0 Å². The van der Waals surface area contributed by atoms with E-state index in [4.69, 9.17) is 16.7 Å². The average Bonchev–Trinajstić information content (AvgIpc) is 2.14. The van der Waals surface area contributed by atoms with Gasteiger partial charge in [0, 0.05) is 12.7 Å². The number of alkyl halides is 1. The summed E-state index contributed by atoms with van der Waals surface area (Å²) >= 11 is 5.65. The Bertz CT molecular complexity index is 272. The van der Waals surface area contributed by atoms with Crippen LogP contribution in [0.1, 0.15) is 0 Å². The van der Waals surface area contributed by atoms with Gasteiger partial charge in [0.25, 0.3) is 0 Å². The second kappa shape index (κ2) is 4.99. The number of aliphatic hydroxyl groups excluding tert-OH is 1. The standard InChI is InChI=1S/C8H10ClFN2O/c9-6-1-7(4-11-3-6)12-5-8(13)2-10/h1,3-4,8,12-13H,2,5H2. The number of hydrogen-bond acceptors (Lipinski definition) is 3. The summed E-state index contributed by atoms with van der Waals surface area (Å²) in [7, 11) is 0. The molecule has 13 heavy (non-hydrogen) atoms. The topological polar surface area (TPSA) is 45.1 Å². The first-order valence-electron chi connectivity index (χ1n) is 3.81. The highest BCUT2D eigenvalue weighted by atomic mass is 35.5. The molecule has 1 heterocycles. The van der Waals surface area contributed by atoms with Crippen LogP contribution in [0.25, 0.3) is 0 Å². The quantitative estimate of drug-likeness (QED) is 0.781. The molecule has 0 spiro atoms. The van der Waals surface area contributed by atoms with Crippen LogP contribution < -0.4 is 5.32 Å². The first kappa shape index (κ1) is 10.2. The average molecular weight is 205 g/mol. The van der Waals surface area contributed by atoms with E-state index >= 15 is 0 Å². The van der Waals surface area contributed by atoms with Crippen LogP contribution in [0.3, 0.4) is 0 Å². The Kier molecular flexibility index (Phi) is 3.92. The molecule has 0 saturated carbocycles. The molecule has 2 N–H and O–H groups in total. The molecule has 1 aromatic rings. The van der Waals surface area contributed by atoms with E-state index in [0.29, 0.717) is 10.7 Å². The first-order valence-corrected chi connectivity index (χ1v) is 4.18. The van der Waals surface area contributed by atoms with Crippen molar-refractivity contribution in [2.75, 3.05) is 18.5 Å². The predicted molar refractivity (Wildman–Crippen MR) is 49.7 cm³/mol. The fourth-order valence-electron chi connectivity index (χ4n) is 0.799. The second-order valence-electron chi connectivity index (χ2n) is 2.58. The summed E-state index contributed by atoms with van der Waals surface area (Å²) in [4.78, 5) is 3.82. The first-order chi connectivity index (χ1) is 6.22. The van der Waals surface area contributed by atoms with Crippen molar-refractivity contribution in [1.29, 1.82) is 0 Å². The molecule has 0 bridgehead atoms. The van der Waals surface area contributed by atoms with Gasteiger partial charge in [0.05, 0.1) is 23.0 Å². The number of anilines is 1. The van der Waals surface area contributed by atoms with Gasteiger partial charge in [0.2, 0.25) is 0 Å². The van der Waals surface area contributed by atoms with E-state index in [1.165, 1.54) is 6.20 Å². The van der Waals surface area contributed by atoms with Crippen molar-refractivity contribution < 1.29 is 9.50 Å². The maximum atomic E-state index is 11.8. The van der Waals surface area contributed by atoms with Gasteiger partial charge < -0.3 is 10.4 Å². The zero-order chi connectivity index (χ0) is 9.68. The predicted octanol–water partition coefficient (Wildman–Crippen LogP) is 1.48. The minimum atomic E-state index is -0.987. The highest BCUT2D eigenvalue weighted by Gasteiger charge is 2.02. The zero-order valence-corrected chi connectivity index (χ0v) is 7.63. The molecule has 0 aromatic carbocycles. The van der Waals surface area contributed by atoms with Crippen LogP contribution in [0.4, 0.5) is 10.1 Å². The Morgan fingerprint density at radius 2 is 2.38 bits per heavy atom. The molecular formula is C8H10ClFN2O. The van der Waals surface area contributed by atoms with Crippen LogP contribution in [-0.2, 0) is 0 Å². The highest BCUT2D eigenvalue weighted by molar-refractivity contribution is 6.30. The van der Waals surface area contributed by atoms with Gasteiger partial charge >= 0.3 is 0 Å². The van der Waals surface area contributed by atoms with E-state index in [-0.39, 0.29) is 6.54 Å². The third kappa shape index (κ3) is 3.57. The van der Waals surface area contributed by atoms with Gasteiger partial charge in [-0.25, -0.2) is 4.39 Å². The summed E-state index contributed by atoms with van der Waals surface area (Å²) in [6.07, 6.45) is 2.06. The largest absolute Gasteiger partial charge is 0.389 e. The normalized spacial score (nSPS) is 12.5. The minimum Gasteiger partial charge on any atom is -0.389 e. The summed E-state index contributed by atoms with van der Waals surface area (Å²) < 4.78 is 11.8. The molecule has 5 heteroatoms. The molecule has 0 amide bonds. The van der Waals surface area contributed by atoms with Crippen LogP contribution in [-0.4, -0.2) is 29.4 Å². The van der Waals surface area contributed by atoms with Gasteiger partial charge in [-0.3, -0.25) is 4.98 Å². The number of aliphatic hydroxyl groups is 1. The number of aromatic nitrogens is 1. The number of hydrogen-bond donors (Lipinski definition) is 2. The van der Waals surface area contributed by atoms with Gasteiger partial charge in [0.15, 0.2) is 0 Å². The van der Waals surface area contributed by atoms with E-state index in [0.717, 1.165) is 0 Å². The molecule has 0 aliphatic heterocycles. The SMILES string of the molecule is OC(CF)CNc1cncc(Cl)c1. The summed E-state index contributed by atoms with van der Waals surface area (Å²) in [5, 5.41) is 12.2. The molecule has 1 aromatic heterocycles. The molecule has 1 atom stereocenters. The van der Waals surface area contributed by atoms with Crippen molar-refractivity contribution in [3.05, 3.63) is 23.5 Å². The van der Waals surface area contributed by atoms with E-state index < -0.39 is 12.8 Å². The third-order valence-corrected chi connectivity index (χ3v) is 1.63. The summed E-state index contributed by atoms with van der Waals surface area (Å²) in [5.41, 5.74) is 0.667. The van der Waals surface area contributed by atoms with Crippen LogP contribution in [0.2, 0.25) is 5.02 Å². The summed E-state index contributed by atoms with van der Waals surface area (Å²) in [6.45, 7) is -0.612. The summed E-state index contributed by atoms with van der Waals surface area (Å²) in [6, 6.07) is 1.65. The fraction of sp³-hybridized carbons (Fsp3) is 0.375. The van der Waals surface area contributed by atoms with Crippen molar-refractivity contribution in [2.45, 2.75) is 6.10 Å². The Morgan fingerprint density at radius 3 is 3.00 bits per heavy atom. The van der Waals surface area contributed by atoms with Crippen molar-refractivity contribution >= 4 is 17.3 Å². The van der Waals surface area contributed by atoms with Crippen LogP contribution in [0.15, 0.2) is 18.5 Å². The van der Waals surface area contributed by atoms with Gasteiger partial charge in [-0.1, -0.05) is 11.6 Å². The van der Waals surface area contributed by atoms with Gasteiger partial charge in [0.1, 0.15) is 6.67 Å². The van der Waals surface area contributed by atoms with E-state index in [1.54, 1.807) is 12.3 Å². The number of nitrogens with one attached hydrogen (secondary N) is 1. The molecule has 0 saturated heterocycles. The molecule has 0 aliphatic rings. The lowest BCUT2D eigenvalue weighted by Gasteiger charge is -2.08. The van der Waals surface area contributed by atoms with Crippen LogP contribution in [0, 0.1) is 0 Å². The van der Waals surface area contributed by atoms with Crippen molar-refractivity contribution in [1.82, 2.24) is 4.98 Å². The molecule has 3 nitrogen and oxygen atoms in total. The lowest BCUT2D eigenvalue weighted by Crippen LogP contribution is -2.21.